The van der Waals surface area contributed by atoms with Crippen LogP contribution in [0.15, 0.2) is 42.5 Å². The van der Waals surface area contributed by atoms with Crippen molar-refractivity contribution in [3.63, 3.8) is 0 Å². The van der Waals surface area contributed by atoms with Gasteiger partial charge in [-0.15, -0.1) is 0 Å². The number of sulfonamides is 1. The molecule has 0 radical (unpaired) electrons. The number of methoxy groups -OCH3 is 1. The zero-order valence-corrected chi connectivity index (χ0v) is 17.4. The first kappa shape index (κ1) is 21.3. The molecule has 1 amide bonds. The van der Waals surface area contributed by atoms with E-state index in [2.05, 4.69) is 5.32 Å². The fraction of sp³-hybridized carbons (Fsp3) is 0.278. The molecule has 0 bridgehead atoms. The number of carbonyl (C=O) groups excluding carboxylic acids is 1. The van der Waals surface area contributed by atoms with Gasteiger partial charge in [-0.1, -0.05) is 30.1 Å². The smallest absolute Gasteiger partial charge is 0.248 e. The summed E-state index contributed by atoms with van der Waals surface area (Å²) in [6.07, 6.45) is 1.30. The average Bonchev–Trinajstić information content (AvgIpc) is 2.61. The number of halogens is 2. The number of ether oxygens (including phenoxy) is 1. The average molecular weight is 431 g/mol. The lowest BCUT2D eigenvalue weighted by Crippen LogP contribution is -2.47. The van der Waals surface area contributed by atoms with E-state index in [-0.39, 0.29) is 17.1 Å². The number of rotatable bonds is 7. The van der Waals surface area contributed by atoms with E-state index in [0.717, 1.165) is 10.6 Å². The predicted molar refractivity (Wildman–Crippen MR) is 109 cm³/mol. The molecule has 0 aromatic heterocycles. The summed E-state index contributed by atoms with van der Waals surface area (Å²) in [6, 6.07) is 10.2. The Bertz CT molecular complexity index is 917. The molecule has 9 heteroatoms. The second kappa shape index (κ2) is 8.82. The predicted octanol–water partition coefficient (Wildman–Crippen LogP) is 4.19. The molecular formula is C18H20Cl2N2O4S. The van der Waals surface area contributed by atoms with Crippen molar-refractivity contribution in [1.82, 2.24) is 0 Å². The van der Waals surface area contributed by atoms with E-state index in [1.54, 1.807) is 38.3 Å². The summed E-state index contributed by atoms with van der Waals surface area (Å²) in [5.41, 5.74) is 0.797. The summed E-state index contributed by atoms with van der Waals surface area (Å²) < 4.78 is 31.0. The van der Waals surface area contributed by atoms with Crippen LogP contribution in [0.3, 0.4) is 0 Å². The van der Waals surface area contributed by atoms with Gasteiger partial charge in [-0.3, -0.25) is 9.10 Å². The fourth-order valence-electron chi connectivity index (χ4n) is 2.58. The van der Waals surface area contributed by atoms with Crippen LogP contribution in [0.5, 0.6) is 5.75 Å². The van der Waals surface area contributed by atoms with Gasteiger partial charge in [0.2, 0.25) is 15.9 Å². The molecule has 2 aromatic carbocycles. The molecule has 0 heterocycles. The fourth-order valence-corrected chi connectivity index (χ4v) is 4.08. The first-order chi connectivity index (χ1) is 12.7. The lowest BCUT2D eigenvalue weighted by molar-refractivity contribution is -0.117. The zero-order chi connectivity index (χ0) is 20.2. The van der Waals surface area contributed by atoms with Crippen molar-refractivity contribution >= 4 is 50.5 Å². The van der Waals surface area contributed by atoms with Crippen LogP contribution in [0, 0.1) is 0 Å². The molecule has 146 valence electrons. The lowest BCUT2D eigenvalue weighted by atomic mass is 10.1. The van der Waals surface area contributed by atoms with Crippen molar-refractivity contribution < 1.29 is 17.9 Å². The van der Waals surface area contributed by atoms with E-state index in [4.69, 9.17) is 27.9 Å². The Kier molecular flexibility index (Phi) is 6.97. The van der Waals surface area contributed by atoms with Crippen LogP contribution in [0.1, 0.15) is 13.3 Å². The van der Waals surface area contributed by atoms with Gasteiger partial charge >= 0.3 is 0 Å². The van der Waals surface area contributed by atoms with Crippen molar-refractivity contribution in [2.45, 2.75) is 19.4 Å². The molecule has 0 fully saturated rings. The largest absolute Gasteiger partial charge is 0.497 e. The Balaban J connectivity index is 2.36. The normalized spacial score (nSPS) is 12.3. The third kappa shape index (κ3) is 5.28. The Labute approximate surface area is 169 Å². The van der Waals surface area contributed by atoms with E-state index in [1.165, 1.54) is 18.2 Å². The van der Waals surface area contributed by atoms with Crippen LogP contribution in [0.25, 0.3) is 0 Å². The first-order valence-electron chi connectivity index (χ1n) is 8.06. The highest BCUT2D eigenvalue weighted by Crippen LogP contribution is 2.30. The standard InChI is InChI=1S/C18H20Cl2N2O4S/c1-4-17(18(23)21-12-5-8-14(26-2)9-6-12)22(27(3,24)25)13-7-10-15(19)16(20)11-13/h5-11,17H,4H2,1-3H3,(H,21,23). The SMILES string of the molecule is CCC(C(=O)Nc1ccc(OC)cc1)N(c1ccc(Cl)c(Cl)c1)S(C)(=O)=O. The molecule has 1 unspecified atom stereocenters. The van der Waals surface area contributed by atoms with Gasteiger partial charge in [-0.05, 0) is 48.9 Å². The molecule has 0 saturated carbocycles. The number of nitrogens with one attached hydrogen (secondary N) is 1. The number of benzene rings is 2. The van der Waals surface area contributed by atoms with Crippen molar-refractivity contribution in [2.24, 2.45) is 0 Å². The third-order valence-electron chi connectivity index (χ3n) is 3.84. The third-order valence-corrected chi connectivity index (χ3v) is 5.76. The summed E-state index contributed by atoms with van der Waals surface area (Å²) in [4.78, 5) is 12.8. The van der Waals surface area contributed by atoms with Gasteiger partial charge in [0.15, 0.2) is 0 Å². The van der Waals surface area contributed by atoms with E-state index >= 15 is 0 Å². The minimum atomic E-state index is -3.76. The van der Waals surface area contributed by atoms with Gasteiger partial charge in [0.25, 0.3) is 0 Å². The summed E-state index contributed by atoms with van der Waals surface area (Å²) in [6.45, 7) is 1.73. The Morgan fingerprint density at radius 2 is 1.78 bits per heavy atom. The Morgan fingerprint density at radius 1 is 1.15 bits per heavy atom. The highest BCUT2D eigenvalue weighted by Gasteiger charge is 2.31. The Morgan fingerprint density at radius 3 is 2.26 bits per heavy atom. The number of hydrogen-bond acceptors (Lipinski definition) is 4. The molecule has 0 aliphatic rings. The lowest BCUT2D eigenvalue weighted by Gasteiger charge is -2.30. The van der Waals surface area contributed by atoms with Crippen molar-refractivity contribution in [3.8, 4) is 5.75 Å². The molecule has 0 spiro atoms. The van der Waals surface area contributed by atoms with E-state index in [0.29, 0.717) is 16.5 Å². The van der Waals surface area contributed by atoms with Gasteiger partial charge < -0.3 is 10.1 Å². The van der Waals surface area contributed by atoms with Crippen LogP contribution in [-0.2, 0) is 14.8 Å². The molecule has 2 rings (SSSR count). The molecule has 0 aliphatic carbocycles. The molecule has 0 aliphatic heterocycles. The van der Waals surface area contributed by atoms with E-state index in [1.807, 2.05) is 0 Å². The number of amides is 1. The second-order valence-electron chi connectivity index (χ2n) is 5.80. The maximum Gasteiger partial charge on any atom is 0.248 e. The van der Waals surface area contributed by atoms with Gasteiger partial charge in [0.1, 0.15) is 11.8 Å². The van der Waals surface area contributed by atoms with Crippen LogP contribution in [-0.4, -0.2) is 33.7 Å². The van der Waals surface area contributed by atoms with Crippen LogP contribution in [0.4, 0.5) is 11.4 Å². The summed E-state index contributed by atoms with van der Waals surface area (Å²) >= 11 is 11.9. The number of nitrogens with zero attached hydrogens (tertiary/aromatic N) is 1. The molecule has 6 nitrogen and oxygen atoms in total. The number of hydrogen-bond donors (Lipinski definition) is 1. The maximum absolute atomic E-state index is 12.8. The maximum atomic E-state index is 12.8. The van der Waals surface area contributed by atoms with E-state index < -0.39 is 22.0 Å². The van der Waals surface area contributed by atoms with Crippen LogP contribution >= 0.6 is 23.2 Å². The van der Waals surface area contributed by atoms with Crippen LogP contribution < -0.4 is 14.4 Å². The van der Waals surface area contributed by atoms with Crippen molar-refractivity contribution in [2.75, 3.05) is 23.0 Å². The topological polar surface area (TPSA) is 75.7 Å². The quantitative estimate of drug-likeness (QED) is 0.714. The van der Waals surface area contributed by atoms with Gasteiger partial charge in [-0.25, -0.2) is 8.42 Å². The summed E-state index contributed by atoms with van der Waals surface area (Å²) in [5, 5.41) is 3.23. The van der Waals surface area contributed by atoms with Crippen LogP contribution in [0.2, 0.25) is 10.0 Å². The zero-order valence-electron chi connectivity index (χ0n) is 15.1. The molecular weight excluding hydrogens is 411 g/mol. The molecule has 1 N–H and O–H groups in total. The van der Waals surface area contributed by atoms with Crippen molar-refractivity contribution in [1.29, 1.82) is 0 Å². The number of anilines is 2. The van der Waals surface area contributed by atoms with Gasteiger partial charge in [-0.2, -0.15) is 0 Å². The Hall–Kier alpha value is -1.96. The summed E-state index contributed by atoms with van der Waals surface area (Å²) in [7, 11) is -2.21. The molecule has 1 atom stereocenters. The first-order valence-corrected chi connectivity index (χ1v) is 10.7. The highest BCUT2D eigenvalue weighted by molar-refractivity contribution is 7.92. The van der Waals surface area contributed by atoms with E-state index in [9.17, 15) is 13.2 Å². The molecule has 2 aromatic rings. The minimum absolute atomic E-state index is 0.202. The minimum Gasteiger partial charge on any atom is -0.497 e. The monoisotopic (exact) mass is 430 g/mol. The van der Waals surface area contributed by atoms with Crippen molar-refractivity contribution in [3.05, 3.63) is 52.5 Å². The molecule has 0 saturated heterocycles. The molecule has 27 heavy (non-hydrogen) atoms. The van der Waals surface area contributed by atoms with Gasteiger partial charge in [0, 0.05) is 5.69 Å². The van der Waals surface area contributed by atoms with Gasteiger partial charge in [0.05, 0.1) is 29.1 Å². The summed E-state index contributed by atoms with van der Waals surface area (Å²) in [5.74, 6) is 0.188. The number of carbonyl (C=O) groups is 1. The second-order valence-corrected chi connectivity index (χ2v) is 8.47. The highest BCUT2D eigenvalue weighted by atomic mass is 35.5.